The maximum Gasteiger partial charge on any atom is 0.234 e. The molecule has 2 fully saturated rings. The van der Waals surface area contributed by atoms with Crippen LogP contribution in [-0.2, 0) is 16.8 Å². The third kappa shape index (κ3) is 3.34. The number of piperidine rings is 1. The van der Waals surface area contributed by atoms with Crippen molar-refractivity contribution in [1.29, 1.82) is 0 Å². The number of nitrogens with zero attached hydrogens (tertiary/aromatic N) is 1. The summed E-state index contributed by atoms with van der Waals surface area (Å²) >= 11 is 0. The molecule has 1 aliphatic carbocycles. The average Bonchev–Trinajstić information content (AvgIpc) is 3.22. The third-order valence-electron chi connectivity index (χ3n) is 5.83. The number of hydrogen-bond donors (Lipinski definition) is 1. The van der Waals surface area contributed by atoms with Gasteiger partial charge in [0.2, 0.25) is 5.91 Å². The molecule has 0 bridgehead atoms. The van der Waals surface area contributed by atoms with Crippen molar-refractivity contribution in [3.63, 3.8) is 0 Å². The summed E-state index contributed by atoms with van der Waals surface area (Å²) in [5, 5.41) is 3.03. The lowest BCUT2D eigenvalue weighted by atomic mass is 9.94. The van der Waals surface area contributed by atoms with Gasteiger partial charge in [-0.3, -0.25) is 9.69 Å². The highest BCUT2D eigenvalue weighted by Gasteiger charge is 2.60. The van der Waals surface area contributed by atoms with E-state index in [0.717, 1.165) is 24.4 Å². The molecule has 1 saturated heterocycles. The van der Waals surface area contributed by atoms with E-state index in [9.17, 15) is 4.79 Å². The van der Waals surface area contributed by atoms with Crippen molar-refractivity contribution in [3.8, 4) is 5.75 Å². The number of likely N-dealkylation sites (tertiary alicyclic amines) is 1. The van der Waals surface area contributed by atoms with Gasteiger partial charge < -0.3 is 10.1 Å². The number of carbonyl (C=O) groups excluding carboxylic acids is 1. The molecule has 136 valence electrons. The zero-order chi connectivity index (χ0) is 18.1. The van der Waals surface area contributed by atoms with E-state index in [4.69, 9.17) is 4.74 Å². The topological polar surface area (TPSA) is 41.6 Å². The minimum absolute atomic E-state index is 0.0909. The van der Waals surface area contributed by atoms with Gasteiger partial charge in [0.25, 0.3) is 0 Å². The van der Waals surface area contributed by atoms with Gasteiger partial charge in [-0.25, -0.2) is 0 Å². The predicted molar refractivity (Wildman–Crippen MR) is 102 cm³/mol. The Morgan fingerprint density at radius 1 is 1.27 bits per heavy atom. The van der Waals surface area contributed by atoms with Gasteiger partial charge in [-0.15, -0.1) is 0 Å². The van der Waals surface area contributed by atoms with Gasteiger partial charge in [-0.1, -0.05) is 42.0 Å². The van der Waals surface area contributed by atoms with Gasteiger partial charge in [0.1, 0.15) is 5.75 Å². The standard InChI is InChI=1S/C22H26N2O2/c1-16-6-8-18(9-7-16)22-11-19(22)13-24(15-22)14-21(25)23-12-17-4-3-5-20(10-17)26-2/h3-10,19H,11-15H2,1-2H3,(H,23,25). The van der Waals surface area contributed by atoms with Gasteiger partial charge in [0.15, 0.2) is 0 Å². The second kappa shape index (κ2) is 6.76. The van der Waals surface area contributed by atoms with E-state index in [1.165, 1.54) is 17.5 Å². The Hall–Kier alpha value is -2.33. The fourth-order valence-electron chi connectivity index (χ4n) is 4.28. The van der Waals surface area contributed by atoms with Crippen LogP contribution in [0.25, 0.3) is 0 Å². The molecular formula is C22H26N2O2. The van der Waals surface area contributed by atoms with Crippen molar-refractivity contribution in [1.82, 2.24) is 10.2 Å². The molecule has 1 aliphatic heterocycles. The summed E-state index contributed by atoms with van der Waals surface area (Å²) in [6.07, 6.45) is 1.26. The number of rotatable bonds is 6. The fraction of sp³-hybridized carbons (Fsp3) is 0.409. The van der Waals surface area contributed by atoms with Crippen LogP contribution >= 0.6 is 0 Å². The Kier molecular flexibility index (Phi) is 4.45. The molecule has 4 nitrogen and oxygen atoms in total. The molecular weight excluding hydrogens is 324 g/mol. The monoisotopic (exact) mass is 350 g/mol. The van der Waals surface area contributed by atoms with Crippen LogP contribution in [0.3, 0.4) is 0 Å². The number of fused-ring (bicyclic) bond motifs is 1. The number of ether oxygens (including phenoxy) is 1. The number of nitrogens with one attached hydrogen (secondary N) is 1. The maximum atomic E-state index is 12.3. The highest BCUT2D eigenvalue weighted by Crippen LogP contribution is 2.58. The van der Waals surface area contributed by atoms with Gasteiger partial charge in [0, 0.05) is 25.0 Å². The van der Waals surface area contributed by atoms with E-state index in [2.05, 4.69) is 41.4 Å². The summed E-state index contributed by atoms with van der Waals surface area (Å²) in [7, 11) is 1.65. The first kappa shape index (κ1) is 17.1. The van der Waals surface area contributed by atoms with Crippen molar-refractivity contribution >= 4 is 5.91 Å². The van der Waals surface area contributed by atoms with Crippen molar-refractivity contribution in [2.24, 2.45) is 5.92 Å². The Labute approximate surface area is 155 Å². The summed E-state index contributed by atoms with van der Waals surface area (Å²) < 4.78 is 5.23. The number of hydrogen-bond acceptors (Lipinski definition) is 3. The quantitative estimate of drug-likeness (QED) is 0.871. The summed E-state index contributed by atoms with van der Waals surface area (Å²) in [5.74, 6) is 1.61. The first-order valence-electron chi connectivity index (χ1n) is 9.28. The van der Waals surface area contributed by atoms with Crippen molar-refractivity contribution < 1.29 is 9.53 Å². The Morgan fingerprint density at radius 2 is 2.08 bits per heavy atom. The van der Waals surface area contributed by atoms with E-state index in [0.29, 0.717) is 24.4 Å². The molecule has 2 atom stereocenters. The van der Waals surface area contributed by atoms with E-state index in [1.807, 2.05) is 24.3 Å². The Balaban J connectivity index is 1.30. The molecule has 2 aliphatic rings. The molecule has 0 spiro atoms. The van der Waals surface area contributed by atoms with E-state index < -0.39 is 0 Å². The molecule has 1 N–H and O–H groups in total. The number of aryl methyl sites for hydroxylation is 1. The van der Waals surface area contributed by atoms with Crippen LogP contribution in [0, 0.1) is 12.8 Å². The van der Waals surface area contributed by atoms with Gasteiger partial charge in [0.05, 0.1) is 13.7 Å². The zero-order valence-electron chi connectivity index (χ0n) is 15.5. The molecule has 4 heteroatoms. The van der Waals surface area contributed by atoms with Crippen LogP contribution in [0.4, 0.5) is 0 Å². The molecule has 1 amide bonds. The van der Waals surface area contributed by atoms with Gasteiger partial charge >= 0.3 is 0 Å². The lowest BCUT2D eigenvalue weighted by molar-refractivity contribution is -0.122. The first-order chi connectivity index (χ1) is 12.6. The summed E-state index contributed by atoms with van der Waals surface area (Å²) in [5.41, 5.74) is 4.08. The van der Waals surface area contributed by atoms with Crippen molar-refractivity contribution in [3.05, 3.63) is 65.2 Å². The first-order valence-corrected chi connectivity index (χ1v) is 9.28. The van der Waals surface area contributed by atoms with Gasteiger partial charge in [-0.2, -0.15) is 0 Å². The van der Waals surface area contributed by atoms with Crippen LogP contribution < -0.4 is 10.1 Å². The molecule has 2 aromatic carbocycles. The molecule has 26 heavy (non-hydrogen) atoms. The SMILES string of the molecule is COc1cccc(CNC(=O)CN2CC3CC3(c3ccc(C)cc3)C2)c1. The molecule has 1 saturated carbocycles. The van der Waals surface area contributed by atoms with Crippen molar-refractivity contribution in [2.75, 3.05) is 26.7 Å². The third-order valence-corrected chi connectivity index (χ3v) is 5.83. The second-order valence-electron chi connectivity index (χ2n) is 7.72. The Bertz CT molecular complexity index is 802. The zero-order valence-corrected chi connectivity index (χ0v) is 15.5. The molecule has 2 unspecified atom stereocenters. The second-order valence-corrected chi connectivity index (χ2v) is 7.72. The molecule has 0 aromatic heterocycles. The summed E-state index contributed by atoms with van der Waals surface area (Å²) in [4.78, 5) is 14.7. The molecule has 1 heterocycles. The smallest absolute Gasteiger partial charge is 0.234 e. The maximum absolute atomic E-state index is 12.3. The van der Waals surface area contributed by atoms with E-state index >= 15 is 0 Å². The highest BCUT2D eigenvalue weighted by molar-refractivity contribution is 5.78. The lowest BCUT2D eigenvalue weighted by Gasteiger charge is -2.20. The minimum atomic E-state index is 0.0909. The normalized spacial score (nSPS) is 24.2. The summed E-state index contributed by atoms with van der Waals surface area (Å²) in [6, 6.07) is 16.7. The number of benzene rings is 2. The summed E-state index contributed by atoms with van der Waals surface area (Å²) in [6.45, 7) is 5.16. The predicted octanol–water partition coefficient (Wildman–Crippen LogP) is 2.89. The lowest BCUT2D eigenvalue weighted by Crippen LogP contribution is -2.37. The molecule has 4 rings (SSSR count). The number of carbonyl (C=O) groups is 1. The van der Waals surface area contributed by atoms with Crippen LogP contribution in [0.2, 0.25) is 0 Å². The van der Waals surface area contributed by atoms with Crippen molar-refractivity contribution in [2.45, 2.75) is 25.3 Å². The van der Waals surface area contributed by atoms with Gasteiger partial charge in [-0.05, 0) is 42.5 Å². The molecule has 2 aromatic rings. The average molecular weight is 350 g/mol. The number of methoxy groups -OCH3 is 1. The highest BCUT2D eigenvalue weighted by atomic mass is 16.5. The van der Waals surface area contributed by atoms with Crippen LogP contribution in [0.15, 0.2) is 48.5 Å². The molecule has 0 radical (unpaired) electrons. The van der Waals surface area contributed by atoms with Crippen LogP contribution in [-0.4, -0.2) is 37.6 Å². The van der Waals surface area contributed by atoms with Crippen LogP contribution in [0.1, 0.15) is 23.1 Å². The fourth-order valence-corrected chi connectivity index (χ4v) is 4.28. The minimum Gasteiger partial charge on any atom is -0.497 e. The van der Waals surface area contributed by atoms with E-state index in [1.54, 1.807) is 7.11 Å². The number of amides is 1. The largest absolute Gasteiger partial charge is 0.497 e. The Morgan fingerprint density at radius 3 is 2.85 bits per heavy atom. The van der Waals surface area contributed by atoms with E-state index in [-0.39, 0.29) is 5.91 Å². The van der Waals surface area contributed by atoms with Crippen LogP contribution in [0.5, 0.6) is 5.75 Å².